The summed E-state index contributed by atoms with van der Waals surface area (Å²) in [6, 6.07) is 10.4. The summed E-state index contributed by atoms with van der Waals surface area (Å²) in [4.78, 5) is 11.6. The van der Waals surface area contributed by atoms with Gasteiger partial charge in [0.15, 0.2) is 12.5 Å². The van der Waals surface area contributed by atoms with Gasteiger partial charge in [-0.1, -0.05) is 17.4 Å². The van der Waals surface area contributed by atoms with Crippen molar-refractivity contribution in [1.82, 2.24) is 5.01 Å². The lowest BCUT2D eigenvalue weighted by Gasteiger charge is -2.24. The first-order chi connectivity index (χ1) is 13.3. The van der Waals surface area contributed by atoms with Gasteiger partial charge in [0.25, 0.3) is 0 Å². The number of nitrogens with one attached hydrogen (secondary N) is 1. The molecule has 0 saturated heterocycles. The first-order valence-corrected chi connectivity index (χ1v) is 8.77. The lowest BCUT2D eigenvalue weighted by Crippen LogP contribution is -2.39. The molecule has 6 nitrogen and oxygen atoms in total. The minimum atomic E-state index is -4.42. The number of hydrogen-bond donors (Lipinski definition) is 1. The molecule has 1 N–H and O–H groups in total. The van der Waals surface area contributed by atoms with Crippen molar-refractivity contribution in [1.29, 1.82) is 0 Å². The Morgan fingerprint density at radius 1 is 1.14 bits per heavy atom. The number of halogens is 3. The van der Waals surface area contributed by atoms with Crippen molar-refractivity contribution in [2.45, 2.75) is 32.7 Å². The molecular weight excluding hydrogens is 371 g/mol. The highest BCUT2D eigenvalue weighted by molar-refractivity contribution is 5.65. The number of nitrogens with zero attached hydrogens (tertiary/aromatic N) is 4. The summed E-state index contributed by atoms with van der Waals surface area (Å²) in [6.07, 6.45) is -4.58. The molecule has 148 valence electrons. The van der Waals surface area contributed by atoms with Crippen LogP contribution < -0.4 is 10.3 Å². The van der Waals surface area contributed by atoms with Crippen molar-refractivity contribution in [3.63, 3.8) is 0 Å². The van der Waals surface area contributed by atoms with Crippen LogP contribution in [0.25, 0.3) is 0 Å². The fraction of sp³-hybridized carbons (Fsp3) is 0.316. The molecule has 0 fully saturated rings. The third kappa shape index (κ3) is 4.08. The van der Waals surface area contributed by atoms with E-state index >= 15 is 0 Å². The summed E-state index contributed by atoms with van der Waals surface area (Å²) >= 11 is 0. The smallest absolute Gasteiger partial charge is 0.385 e. The average Bonchev–Trinajstić information content (AvgIpc) is 3.06. The van der Waals surface area contributed by atoms with Crippen LogP contribution in [0.2, 0.25) is 0 Å². The zero-order valence-electron chi connectivity index (χ0n) is 15.4. The van der Waals surface area contributed by atoms with E-state index in [1.54, 1.807) is 0 Å². The molecule has 0 saturated carbocycles. The molecule has 1 aliphatic heterocycles. The number of hydrogen-bond acceptors (Lipinski definition) is 6. The second kappa shape index (κ2) is 7.87. The van der Waals surface area contributed by atoms with Crippen molar-refractivity contribution in [3.8, 4) is 0 Å². The molecule has 2 aromatic carbocycles. The Bertz CT molecular complexity index is 867. The molecule has 0 amide bonds. The lowest BCUT2D eigenvalue weighted by molar-refractivity contribution is -0.137. The van der Waals surface area contributed by atoms with Crippen molar-refractivity contribution >= 4 is 17.7 Å². The molecule has 2 aromatic rings. The topological polar surface area (TPSA) is 60.3 Å². The van der Waals surface area contributed by atoms with E-state index in [0.717, 1.165) is 35.5 Å². The van der Waals surface area contributed by atoms with Gasteiger partial charge in [-0.15, -0.1) is 0 Å². The summed E-state index contributed by atoms with van der Waals surface area (Å²) in [5, 5.41) is 14.0. The molecule has 0 spiro atoms. The van der Waals surface area contributed by atoms with Crippen LogP contribution in [-0.2, 0) is 17.5 Å². The van der Waals surface area contributed by atoms with Crippen LogP contribution in [-0.4, -0.2) is 24.0 Å². The number of benzene rings is 2. The predicted octanol–water partition coefficient (Wildman–Crippen LogP) is 4.58. The molecule has 0 aliphatic carbocycles. The van der Waals surface area contributed by atoms with E-state index in [-0.39, 0.29) is 0 Å². The number of anilines is 2. The normalized spacial score (nSPS) is 16.5. The second-order valence-electron chi connectivity index (χ2n) is 6.39. The minimum absolute atomic E-state index is 0.345. The highest BCUT2D eigenvalue weighted by Gasteiger charge is 2.33. The Balaban J connectivity index is 1.75. The maximum atomic E-state index is 12.7. The Morgan fingerprint density at radius 3 is 2.43 bits per heavy atom. The van der Waals surface area contributed by atoms with Gasteiger partial charge in [-0.2, -0.15) is 13.2 Å². The van der Waals surface area contributed by atoms with E-state index in [1.165, 1.54) is 22.2 Å². The predicted molar refractivity (Wildman–Crippen MR) is 99.5 cm³/mol. The third-order valence-corrected chi connectivity index (χ3v) is 4.39. The van der Waals surface area contributed by atoms with Gasteiger partial charge in [0.05, 0.1) is 17.8 Å². The van der Waals surface area contributed by atoms with Crippen LogP contribution in [0.4, 0.5) is 24.5 Å². The van der Waals surface area contributed by atoms with Crippen LogP contribution in [0.15, 0.2) is 52.9 Å². The highest BCUT2D eigenvalue weighted by atomic mass is 19.4. The molecule has 1 atom stereocenters. The summed E-state index contributed by atoms with van der Waals surface area (Å²) in [5.74, 6) is 0. The molecular formula is C19H20F3N5O. The lowest BCUT2D eigenvalue weighted by atomic mass is 10.1. The van der Waals surface area contributed by atoms with E-state index in [9.17, 15) is 18.0 Å². The van der Waals surface area contributed by atoms with Gasteiger partial charge in [-0.3, -0.25) is 4.79 Å². The summed E-state index contributed by atoms with van der Waals surface area (Å²) in [6.45, 7) is 5.16. The summed E-state index contributed by atoms with van der Waals surface area (Å²) < 4.78 is 38.2. The molecule has 0 radical (unpaired) electrons. The standard InChI is InChI=1S/C19H20F3N5O/c1-3-23-17-9-4-14(10-13(17)2)11-26-18(12-28)27(25-24-26)16-7-5-15(6-8-16)19(20,21)22/h4-10,12,18,23H,3,11H2,1-2H3. The highest BCUT2D eigenvalue weighted by Crippen LogP contribution is 2.32. The molecule has 3 rings (SSSR count). The maximum Gasteiger partial charge on any atom is 0.416 e. The minimum Gasteiger partial charge on any atom is -0.385 e. The van der Waals surface area contributed by atoms with Gasteiger partial charge in [-0.05, 0) is 60.5 Å². The van der Waals surface area contributed by atoms with Crippen molar-refractivity contribution in [3.05, 3.63) is 59.2 Å². The number of aldehydes is 1. The van der Waals surface area contributed by atoms with Gasteiger partial charge in [-0.25, -0.2) is 10.0 Å². The fourth-order valence-corrected chi connectivity index (χ4v) is 2.99. The molecule has 1 unspecified atom stereocenters. The van der Waals surface area contributed by atoms with Crippen molar-refractivity contribution in [2.24, 2.45) is 10.4 Å². The van der Waals surface area contributed by atoms with Crippen molar-refractivity contribution < 1.29 is 18.0 Å². The Morgan fingerprint density at radius 2 is 1.86 bits per heavy atom. The summed E-state index contributed by atoms with van der Waals surface area (Å²) in [5.41, 5.74) is 2.64. The number of carbonyl (C=O) groups excluding carboxylic acids is 1. The van der Waals surface area contributed by atoms with Gasteiger partial charge in [0, 0.05) is 12.2 Å². The van der Waals surface area contributed by atoms with Crippen LogP contribution in [0.3, 0.4) is 0 Å². The number of alkyl halides is 3. The zero-order chi connectivity index (χ0) is 20.3. The van der Waals surface area contributed by atoms with Crippen molar-refractivity contribution in [2.75, 3.05) is 16.9 Å². The largest absolute Gasteiger partial charge is 0.416 e. The zero-order valence-corrected chi connectivity index (χ0v) is 15.4. The van der Waals surface area contributed by atoms with Gasteiger partial charge < -0.3 is 5.32 Å². The quantitative estimate of drug-likeness (QED) is 0.733. The number of aryl methyl sites for hydroxylation is 1. The van der Waals surface area contributed by atoms with E-state index < -0.39 is 17.9 Å². The fourth-order valence-electron chi connectivity index (χ4n) is 2.99. The van der Waals surface area contributed by atoms with Crippen LogP contribution in [0.5, 0.6) is 0 Å². The molecule has 0 bridgehead atoms. The van der Waals surface area contributed by atoms with Crippen LogP contribution in [0.1, 0.15) is 23.6 Å². The van der Waals surface area contributed by atoms with Crippen LogP contribution in [0, 0.1) is 6.92 Å². The number of rotatable bonds is 6. The molecule has 9 heteroatoms. The third-order valence-electron chi connectivity index (χ3n) is 4.39. The SMILES string of the molecule is CCNc1ccc(CN2N=NN(c3ccc(C(F)(F)F)cc3)C2C=O)cc1C. The first kappa shape index (κ1) is 19.7. The van der Waals surface area contributed by atoms with Gasteiger partial charge >= 0.3 is 6.18 Å². The Hall–Kier alpha value is -3.10. The van der Waals surface area contributed by atoms with E-state index in [1.807, 2.05) is 32.0 Å². The molecule has 28 heavy (non-hydrogen) atoms. The Labute approximate surface area is 160 Å². The van der Waals surface area contributed by atoms with E-state index in [2.05, 4.69) is 15.8 Å². The van der Waals surface area contributed by atoms with Gasteiger partial charge in [0.1, 0.15) is 0 Å². The number of carbonyl (C=O) groups is 1. The molecule has 1 aliphatic rings. The average molecular weight is 391 g/mol. The molecule has 1 heterocycles. The van der Waals surface area contributed by atoms with E-state index in [4.69, 9.17) is 0 Å². The summed E-state index contributed by atoms with van der Waals surface area (Å²) in [7, 11) is 0. The maximum absolute atomic E-state index is 12.7. The van der Waals surface area contributed by atoms with Gasteiger partial charge in [0.2, 0.25) is 0 Å². The van der Waals surface area contributed by atoms with E-state index in [0.29, 0.717) is 18.5 Å². The molecule has 0 aromatic heterocycles. The monoisotopic (exact) mass is 391 g/mol. The first-order valence-electron chi connectivity index (χ1n) is 8.77. The van der Waals surface area contributed by atoms with Crippen LogP contribution >= 0.6 is 0 Å². The Kier molecular flexibility index (Phi) is 5.53. The second-order valence-corrected chi connectivity index (χ2v) is 6.39.